The van der Waals surface area contributed by atoms with Crippen molar-refractivity contribution < 1.29 is 13.9 Å². The Morgan fingerprint density at radius 3 is 2.70 bits per heavy atom. The lowest BCUT2D eigenvalue weighted by Gasteiger charge is -2.06. The van der Waals surface area contributed by atoms with Crippen molar-refractivity contribution in [2.45, 2.75) is 13.5 Å². The molecule has 2 aromatic carbocycles. The highest BCUT2D eigenvalue weighted by Crippen LogP contribution is 2.30. The van der Waals surface area contributed by atoms with Crippen LogP contribution in [0.3, 0.4) is 0 Å². The van der Waals surface area contributed by atoms with Gasteiger partial charge >= 0.3 is 0 Å². The number of aromatic nitrogens is 1. The van der Waals surface area contributed by atoms with E-state index in [2.05, 4.69) is 15.6 Å². The summed E-state index contributed by atoms with van der Waals surface area (Å²) in [6.07, 6.45) is 1.72. The second-order valence-corrected chi connectivity index (χ2v) is 6.82. The molecule has 0 spiro atoms. The Kier molecular flexibility index (Phi) is 6.03. The van der Waals surface area contributed by atoms with Gasteiger partial charge in [-0.1, -0.05) is 29.5 Å². The van der Waals surface area contributed by atoms with E-state index in [1.165, 1.54) is 17.4 Å². The number of ether oxygens (including phenoxy) is 1. The number of hydrogen-bond donors (Lipinski definition) is 2. The zero-order valence-electron chi connectivity index (χ0n) is 15.1. The molecule has 0 aliphatic heterocycles. The van der Waals surface area contributed by atoms with Crippen molar-refractivity contribution in [1.29, 1.82) is 0 Å². The van der Waals surface area contributed by atoms with Crippen LogP contribution in [0.4, 0.5) is 9.52 Å². The van der Waals surface area contributed by atoms with Crippen LogP contribution in [0.2, 0.25) is 0 Å². The molecule has 0 saturated heterocycles. The molecule has 140 valence electrons. The van der Waals surface area contributed by atoms with Gasteiger partial charge in [0.1, 0.15) is 11.6 Å². The van der Waals surface area contributed by atoms with Gasteiger partial charge in [-0.25, -0.2) is 9.37 Å². The predicted molar refractivity (Wildman–Crippen MR) is 106 cm³/mol. The van der Waals surface area contributed by atoms with Gasteiger partial charge in [0.05, 0.1) is 17.6 Å². The Morgan fingerprint density at radius 2 is 2.00 bits per heavy atom. The summed E-state index contributed by atoms with van der Waals surface area (Å²) in [5.74, 6) is -0.138. The van der Waals surface area contributed by atoms with E-state index >= 15 is 0 Å². The fourth-order valence-corrected chi connectivity index (χ4v) is 3.33. The van der Waals surface area contributed by atoms with Crippen molar-refractivity contribution in [3.05, 3.63) is 65.6 Å². The van der Waals surface area contributed by atoms with E-state index in [1.54, 1.807) is 32.4 Å². The van der Waals surface area contributed by atoms with Crippen molar-refractivity contribution in [1.82, 2.24) is 10.3 Å². The molecule has 0 aliphatic carbocycles. The fourth-order valence-electron chi connectivity index (χ4n) is 2.52. The Labute approximate surface area is 161 Å². The van der Waals surface area contributed by atoms with Crippen LogP contribution < -0.4 is 15.4 Å². The molecule has 7 heteroatoms. The lowest BCUT2D eigenvalue weighted by atomic mass is 10.1. The van der Waals surface area contributed by atoms with Gasteiger partial charge in [-0.3, -0.25) is 4.79 Å². The Hall–Kier alpha value is -2.93. The average molecular weight is 385 g/mol. The third kappa shape index (κ3) is 4.62. The van der Waals surface area contributed by atoms with E-state index in [0.717, 1.165) is 26.9 Å². The highest BCUT2D eigenvalue weighted by Gasteiger charge is 2.13. The minimum absolute atomic E-state index is 0.0375. The van der Waals surface area contributed by atoms with Crippen molar-refractivity contribution >= 4 is 22.4 Å². The molecule has 5 nitrogen and oxygen atoms in total. The van der Waals surface area contributed by atoms with Crippen LogP contribution in [0.5, 0.6) is 5.75 Å². The average Bonchev–Trinajstić information content (AvgIpc) is 3.16. The Bertz CT molecular complexity index is 925. The molecule has 0 unspecified atom stereocenters. The minimum atomic E-state index is -0.535. The Balaban J connectivity index is 1.71. The minimum Gasteiger partial charge on any atom is -0.497 e. The summed E-state index contributed by atoms with van der Waals surface area (Å²) in [7, 11) is 1.64. The van der Waals surface area contributed by atoms with E-state index in [1.807, 2.05) is 24.3 Å². The third-order valence-corrected chi connectivity index (χ3v) is 4.95. The lowest BCUT2D eigenvalue weighted by molar-refractivity contribution is 0.0952. The van der Waals surface area contributed by atoms with E-state index in [9.17, 15) is 9.18 Å². The highest BCUT2D eigenvalue weighted by molar-refractivity contribution is 7.18. The van der Waals surface area contributed by atoms with E-state index in [4.69, 9.17) is 4.74 Å². The van der Waals surface area contributed by atoms with Crippen LogP contribution in [-0.4, -0.2) is 24.5 Å². The third-order valence-electron chi connectivity index (χ3n) is 3.94. The van der Waals surface area contributed by atoms with Gasteiger partial charge in [-0.2, -0.15) is 0 Å². The van der Waals surface area contributed by atoms with Crippen LogP contribution in [0.15, 0.2) is 48.7 Å². The first-order chi connectivity index (χ1) is 13.1. The number of nitrogens with one attached hydrogen (secondary N) is 2. The number of carbonyl (C=O) groups excluding carboxylic acids is 1. The zero-order valence-corrected chi connectivity index (χ0v) is 15.9. The first-order valence-corrected chi connectivity index (χ1v) is 9.33. The number of anilines is 1. The van der Waals surface area contributed by atoms with Crippen LogP contribution in [0, 0.1) is 5.82 Å². The first-order valence-electron chi connectivity index (χ1n) is 8.51. The number of amides is 1. The largest absolute Gasteiger partial charge is 0.497 e. The highest BCUT2D eigenvalue weighted by atomic mass is 32.1. The smallest absolute Gasteiger partial charge is 0.254 e. The van der Waals surface area contributed by atoms with Crippen LogP contribution in [0.25, 0.3) is 10.4 Å². The molecule has 0 bridgehead atoms. The molecule has 3 aromatic rings. The van der Waals surface area contributed by atoms with Crippen LogP contribution in [-0.2, 0) is 6.54 Å². The number of carbonyl (C=O) groups is 1. The van der Waals surface area contributed by atoms with Gasteiger partial charge < -0.3 is 15.4 Å². The molecule has 2 N–H and O–H groups in total. The number of rotatable bonds is 7. The maximum atomic E-state index is 13.9. The number of thiazole rings is 1. The second kappa shape index (κ2) is 8.64. The number of methoxy groups -OCH3 is 1. The van der Waals surface area contributed by atoms with Gasteiger partial charge in [0.2, 0.25) is 0 Å². The van der Waals surface area contributed by atoms with E-state index in [-0.39, 0.29) is 5.56 Å². The number of nitrogens with zero attached hydrogens (tertiary/aromatic N) is 1. The summed E-state index contributed by atoms with van der Waals surface area (Å²) in [5.41, 5.74) is 1.90. The van der Waals surface area contributed by atoms with Gasteiger partial charge in [-0.15, -0.1) is 0 Å². The molecule has 1 aromatic heterocycles. The van der Waals surface area contributed by atoms with Gasteiger partial charge in [0.25, 0.3) is 5.91 Å². The fraction of sp³-hybridized carbons (Fsp3) is 0.200. The maximum absolute atomic E-state index is 13.9. The molecule has 0 fully saturated rings. The van der Waals surface area contributed by atoms with E-state index in [0.29, 0.717) is 13.1 Å². The summed E-state index contributed by atoms with van der Waals surface area (Å²) in [5, 5.41) is 6.65. The quantitative estimate of drug-likeness (QED) is 0.636. The summed E-state index contributed by atoms with van der Waals surface area (Å²) in [6.45, 7) is 2.87. The SMILES string of the molecule is CCNC(=O)c1cc(-c2cnc(NCc3ccc(OC)cc3)s2)ccc1F. The summed E-state index contributed by atoms with van der Waals surface area (Å²) in [4.78, 5) is 17.2. The molecule has 1 heterocycles. The topological polar surface area (TPSA) is 63.2 Å². The predicted octanol–water partition coefficient (Wildman–Crippen LogP) is 4.32. The number of halogens is 1. The van der Waals surface area contributed by atoms with Crippen molar-refractivity contribution in [2.75, 3.05) is 19.0 Å². The second-order valence-electron chi connectivity index (χ2n) is 5.79. The van der Waals surface area contributed by atoms with Crippen LogP contribution >= 0.6 is 11.3 Å². The summed E-state index contributed by atoms with van der Waals surface area (Å²) < 4.78 is 19.1. The molecule has 0 aliphatic rings. The molecular weight excluding hydrogens is 365 g/mol. The van der Waals surface area contributed by atoms with Gasteiger partial charge in [0, 0.05) is 19.3 Å². The van der Waals surface area contributed by atoms with Crippen molar-refractivity contribution in [3.8, 4) is 16.2 Å². The van der Waals surface area contributed by atoms with E-state index < -0.39 is 11.7 Å². The number of benzene rings is 2. The van der Waals surface area contributed by atoms with Crippen LogP contribution in [0.1, 0.15) is 22.8 Å². The molecule has 27 heavy (non-hydrogen) atoms. The van der Waals surface area contributed by atoms with Crippen molar-refractivity contribution in [3.63, 3.8) is 0 Å². The standard InChI is InChI=1S/C20H20FN3O2S/c1-3-22-19(25)16-10-14(6-9-17(16)21)18-12-24-20(27-18)23-11-13-4-7-15(26-2)8-5-13/h4-10,12H,3,11H2,1-2H3,(H,22,25)(H,23,24). The molecule has 3 rings (SSSR count). The molecule has 0 radical (unpaired) electrons. The molecule has 1 amide bonds. The lowest BCUT2D eigenvalue weighted by Crippen LogP contribution is -2.23. The molecule has 0 saturated carbocycles. The van der Waals surface area contributed by atoms with Crippen molar-refractivity contribution in [2.24, 2.45) is 0 Å². The maximum Gasteiger partial charge on any atom is 0.254 e. The zero-order chi connectivity index (χ0) is 19.2. The monoisotopic (exact) mass is 385 g/mol. The number of hydrogen-bond acceptors (Lipinski definition) is 5. The summed E-state index contributed by atoms with van der Waals surface area (Å²) >= 11 is 1.45. The first kappa shape index (κ1) is 18.8. The summed E-state index contributed by atoms with van der Waals surface area (Å²) in [6, 6.07) is 12.3. The van der Waals surface area contributed by atoms with Gasteiger partial charge in [-0.05, 0) is 42.3 Å². The molecule has 0 atom stereocenters. The normalized spacial score (nSPS) is 10.5. The van der Waals surface area contributed by atoms with Gasteiger partial charge in [0.15, 0.2) is 5.13 Å². The Morgan fingerprint density at radius 1 is 1.22 bits per heavy atom. The molecular formula is C20H20FN3O2S.